The number of para-hydroxylation sites is 1. The van der Waals surface area contributed by atoms with Crippen LogP contribution in [0.2, 0.25) is 0 Å². The van der Waals surface area contributed by atoms with Gasteiger partial charge in [-0.1, -0.05) is 61.2 Å². The van der Waals surface area contributed by atoms with Crippen molar-refractivity contribution in [2.24, 2.45) is 0 Å². The van der Waals surface area contributed by atoms with Crippen molar-refractivity contribution >= 4 is 28.3 Å². The molecule has 0 radical (unpaired) electrons. The first kappa shape index (κ1) is 21.2. The average molecular weight is 442 g/mol. The predicted octanol–water partition coefficient (Wildman–Crippen LogP) is 4.26. The molecule has 6 heteroatoms. The number of carbonyl (C=O) groups is 1. The van der Waals surface area contributed by atoms with Gasteiger partial charge in [-0.05, 0) is 17.7 Å². The number of carbonyl (C=O) groups excluding carboxylic acids is 1. The van der Waals surface area contributed by atoms with E-state index in [4.69, 9.17) is 4.74 Å². The van der Waals surface area contributed by atoms with E-state index in [1.165, 1.54) is 0 Å². The number of hydrogen-bond acceptors (Lipinski definition) is 5. The number of benzene rings is 2. The van der Waals surface area contributed by atoms with Crippen LogP contribution in [0.1, 0.15) is 17.5 Å². The van der Waals surface area contributed by atoms with Gasteiger partial charge in [-0.15, -0.1) is 0 Å². The summed E-state index contributed by atoms with van der Waals surface area (Å²) >= 11 is 0. The van der Waals surface area contributed by atoms with E-state index in [2.05, 4.69) is 16.9 Å². The average Bonchev–Trinajstić information content (AvgIpc) is 3.27. The molecule has 0 aliphatic carbocycles. The lowest BCUT2D eigenvalue weighted by molar-refractivity contribution is -0.199. The van der Waals surface area contributed by atoms with Crippen molar-refractivity contribution in [1.82, 2.24) is 15.2 Å². The number of hydrogen-bond donors (Lipinski definition) is 3. The zero-order chi connectivity index (χ0) is 22.8. The molecular formula is C27H27N3O3. The number of H-pyrrole nitrogens is 1. The number of nitrogens with zero attached hydrogens (tertiary/aromatic N) is 1. The third-order valence-corrected chi connectivity index (χ3v) is 6.40. The monoisotopic (exact) mass is 441 g/mol. The highest BCUT2D eigenvalue weighted by Crippen LogP contribution is 2.42. The van der Waals surface area contributed by atoms with Crippen LogP contribution in [-0.2, 0) is 9.53 Å². The first-order valence-electron chi connectivity index (χ1n) is 11.2. The van der Waals surface area contributed by atoms with Crippen LogP contribution in [0.4, 0.5) is 0 Å². The van der Waals surface area contributed by atoms with Gasteiger partial charge >= 0.3 is 0 Å². The third-order valence-electron chi connectivity index (χ3n) is 6.40. The normalized spacial score (nSPS) is 23.2. The second-order valence-electron chi connectivity index (χ2n) is 8.36. The zero-order valence-electron chi connectivity index (χ0n) is 18.4. The molecule has 0 bridgehead atoms. The van der Waals surface area contributed by atoms with Gasteiger partial charge in [0.15, 0.2) is 5.76 Å². The molecule has 6 nitrogen and oxygen atoms in total. The predicted molar refractivity (Wildman–Crippen MR) is 130 cm³/mol. The second-order valence-corrected chi connectivity index (χ2v) is 8.36. The van der Waals surface area contributed by atoms with Gasteiger partial charge in [0.1, 0.15) is 5.76 Å². The van der Waals surface area contributed by atoms with E-state index in [-0.39, 0.29) is 18.0 Å². The van der Waals surface area contributed by atoms with Gasteiger partial charge in [-0.2, -0.15) is 0 Å². The van der Waals surface area contributed by atoms with Crippen molar-refractivity contribution in [2.75, 3.05) is 26.2 Å². The molecule has 3 N–H and O–H groups in total. The number of aliphatic hydroxyl groups excluding tert-OH is 1. The first-order chi connectivity index (χ1) is 16.1. The van der Waals surface area contributed by atoms with Crippen LogP contribution in [-0.4, -0.2) is 52.7 Å². The van der Waals surface area contributed by atoms with E-state index in [0.717, 1.165) is 35.1 Å². The minimum Gasteiger partial charge on any atom is -0.511 e. The van der Waals surface area contributed by atoms with Crippen LogP contribution >= 0.6 is 0 Å². The summed E-state index contributed by atoms with van der Waals surface area (Å²) < 4.78 is 6.27. The lowest BCUT2D eigenvalue weighted by Gasteiger charge is -2.50. The quantitative estimate of drug-likeness (QED) is 0.303. The lowest BCUT2D eigenvalue weighted by Crippen LogP contribution is -2.67. The fraction of sp³-hybridized carbons (Fsp3) is 0.222. The lowest BCUT2D eigenvalue weighted by atomic mass is 9.89. The van der Waals surface area contributed by atoms with Crippen molar-refractivity contribution in [3.63, 3.8) is 0 Å². The number of aliphatic hydroxyl groups is 1. The molecule has 3 heterocycles. The Morgan fingerprint density at radius 1 is 1.12 bits per heavy atom. The maximum atomic E-state index is 13.6. The molecule has 1 aromatic heterocycles. The van der Waals surface area contributed by atoms with Crippen molar-refractivity contribution in [3.05, 3.63) is 96.1 Å². The van der Waals surface area contributed by atoms with E-state index in [1.54, 1.807) is 12.2 Å². The molecular weight excluding hydrogens is 414 g/mol. The van der Waals surface area contributed by atoms with Gasteiger partial charge in [-0.25, -0.2) is 0 Å². The molecule has 2 aromatic carbocycles. The second kappa shape index (κ2) is 8.73. The maximum absolute atomic E-state index is 13.6. The van der Waals surface area contributed by atoms with Gasteiger partial charge < -0.3 is 20.1 Å². The molecule has 2 aliphatic heterocycles. The van der Waals surface area contributed by atoms with Crippen molar-refractivity contribution in [1.29, 1.82) is 0 Å². The minimum atomic E-state index is -1.22. The molecule has 3 aromatic rings. The van der Waals surface area contributed by atoms with Crippen LogP contribution < -0.4 is 5.32 Å². The number of ether oxygens (including phenoxy) is 1. The molecule has 1 atom stereocenters. The Kier molecular flexibility index (Phi) is 5.62. The Bertz CT molecular complexity index is 1250. The Labute approximate surface area is 192 Å². The SMILES string of the molecule is C=C/C(=C(/O)CC1(N2CCNCC2)O/C(=C\c2c[nH]c3ccccc23)C1=O)c1ccccc1. The van der Waals surface area contributed by atoms with E-state index < -0.39 is 5.72 Å². The number of allylic oxidation sites excluding steroid dienone is 2. The summed E-state index contributed by atoms with van der Waals surface area (Å²) in [5.74, 6) is 0.290. The Morgan fingerprint density at radius 3 is 2.58 bits per heavy atom. The standard InChI is InChI=1S/C27H27N3O3/c1-2-21(19-8-4-3-5-9-19)24(31)17-27(30-14-12-28-13-15-30)26(32)25(33-27)16-20-18-29-23-11-7-6-10-22(20)23/h2-11,16,18,28-29,31H,1,12-15,17H2/b24-21-,25-16-. The number of ketones is 1. The van der Waals surface area contributed by atoms with Crippen molar-refractivity contribution < 1.29 is 14.6 Å². The van der Waals surface area contributed by atoms with E-state index >= 15 is 0 Å². The number of fused-ring (bicyclic) bond motifs is 1. The fourth-order valence-electron chi connectivity index (χ4n) is 4.67. The van der Waals surface area contributed by atoms with Gasteiger partial charge in [0.2, 0.25) is 5.72 Å². The van der Waals surface area contributed by atoms with Gasteiger partial charge in [0.05, 0.1) is 6.42 Å². The number of rotatable bonds is 6. The summed E-state index contributed by atoms with van der Waals surface area (Å²) in [6, 6.07) is 17.5. The van der Waals surface area contributed by atoms with Gasteiger partial charge in [-0.3, -0.25) is 9.69 Å². The molecule has 33 heavy (non-hydrogen) atoms. The fourth-order valence-corrected chi connectivity index (χ4v) is 4.67. The molecule has 0 saturated carbocycles. The number of nitrogens with one attached hydrogen (secondary N) is 2. The maximum Gasteiger partial charge on any atom is 0.256 e. The van der Waals surface area contributed by atoms with Crippen LogP contribution in [0.15, 0.2) is 85.0 Å². The largest absolute Gasteiger partial charge is 0.511 e. The Balaban J connectivity index is 1.49. The third kappa shape index (κ3) is 3.77. The summed E-state index contributed by atoms with van der Waals surface area (Å²) in [6.45, 7) is 6.72. The molecule has 2 aliphatic rings. The summed E-state index contributed by atoms with van der Waals surface area (Å²) in [6.07, 6.45) is 5.35. The number of aromatic amines is 1. The summed E-state index contributed by atoms with van der Waals surface area (Å²) in [7, 11) is 0. The Morgan fingerprint density at radius 2 is 1.85 bits per heavy atom. The highest BCUT2D eigenvalue weighted by atomic mass is 16.6. The van der Waals surface area contributed by atoms with Crippen LogP contribution in [0.25, 0.3) is 22.6 Å². The molecule has 1 unspecified atom stereocenters. The van der Waals surface area contributed by atoms with Gasteiger partial charge in [0.25, 0.3) is 5.78 Å². The number of piperazine rings is 1. The number of Topliss-reactive ketones (excluding diaryl/α,β-unsaturated/α-hetero) is 1. The summed E-state index contributed by atoms with van der Waals surface area (Å²) in [5, 5.41) is 15.4. The van der Waals surface area contributed by atoms with E-state index in [1.807, 2.05) is 65.7 Å². The first-order valence-corrected chi connectivity index (χ1v) is 11.2. The van der Waals surface area contributed by atoms with Crippen molar-refractivity contribution in [3.8, 4) is 0 Å². The van der Waals surface area contributed by atoms with Gasteiger partial charge in [0, 0.05) is 54.4 Å². The van der Waals surface area contributed by atoms with E-state index in [0.29, 0.717) is 24.4 Å². The molecule has 0 spiro atoms. The van der Waals surface area contributed by atoms with Crippen LogP contribution in [0.5, 0.6) is 0 Å². The van der Waals surface area contributed by atoms with Crippen molar-refractivity contribution in [2.45, 2.75) is 12.1 Å². The van der Waals surface area contributed by atoms with E-state index in [9.17, 15) is 9.90 Å². The van der Waals surface area contributed by atoms with Crippen LogP contribution in [0, 0.1) is 0 Å². The molecule has 5 rings (SSSR count). The number of aromatic nitrogens is 1. The highest BCUT2D eigenvalue weighted by molar-refractivity contribution is 6.09. The summed E-state index contributed by atoms with van der Waals surface area (Å²) in [4.78, 5) is 18.9. The minimum absolute atomic E-state index is 0.0628. The smallest absolute Gasteiger partial charge is 0.256 e. The highest BCUT2D eigenvalue weighted by Gasteiger charge is 2.58. The summed E-state index contributed by atoms with van der Waals surface area (Å²) in [5.41, 5.74) is 2.15. The Hall–Kier alpha value is -3.61. The molecule has 2 saturated heterocycles. The molecule has 2 fully saturated rings. The topological polar surface area (TPSA) is 77.6 Å². The van der Waals surface area contributed by atoms with Crippen LogP contribution in [0.3, 0.4) is 0 Å². The molecule has 168 valence electrons. The zero-order valence-corrected chi connectivity index (χ0v) is 18.4. The molecule has 0 amide bonds.